The highest BCUT2D eigenvalue weighted by Gasteiger charge is 2.31. The van der Waals surface area contributed by atoms with Gasteiger partial charge in [-0.05, 0) is 28.3 Å². The van der Waals surface area contributed by atoms with Crippen LogP contribution in [0, 0.1) is 10.1 Å². The summed E-state index contributed by atoms with van der Waals surface area (Å²) in [6.07, 6.45) is -0.875. The maximum Gasteiger partial charge on any atom is 0.415 e. The number of carbonyl (C=O) groups is 2. The van der Waals surface area contributed by atoms with E-state index in [-0.39, 0.29) is 12.5 Å². The molecule has 31 heavy (non-hydrogen) atoms. The Morgan fingerprint density at radius 3 is 2.19 bits per heavy atom. The summed E-state index contributed by atoms with van der Waals surface area (Å²) in [6.45, 7) is 0.0175. The zero-order chi connectivity index (χ0) is 22.1. The molecule has 0 unspecified atom stereocenters. The maximum atomic E-state index is 12.7. The van der Waals surface area contributed by atoms with Crippen molar-refractivity contribution in [3.63, 3.8) is 0 Å². The first-order chi connectivity index (χ1) is 14.9. The van der Waals surface area contributed by atoms with E-state index in [1.807, 2.05) is 48.5 Å². The fourth-order valence-corrected chi connectivity index (χ4v) is 3.73. The molecule has 9 heteroatoms. The Morgan fingerprint density at radius 2 is 1.65 bits per heavy atom. The number of pyridine rings is 1. The van der Waals surface area contributed by atoms with Crippen LogP contribution < -0.4 is 4.90 Å². The topological polar surface area (TPSA) is 123 Å². The third-order valence-electron chi connectivity index (χ3n) is 5.20. The minimum absolute atomic E-state index is 0.0175. The van der Waals surface area contributed by atoms with Gasteiger partial charge >= 0.3 is 17.7 Å². The van der Waals surface area contributed by atoms with Crippen molar-refractivity contribution in [2.75, 3.05) is 18.6 Å². The van der Waals surface area contributed by atoms with E-state index in [9.17, 15) is 19.7 Å². The van der Waals surface area contributed by atoms with Crippen molar-refractivity contribution < 1.29 is 24.4 Å². The molecule has 156 valence electrons. The summed E-state index contributed by atoms with van der Waals surface area (Å²) in [7, 11) is 1.25. The van der Waals surface area contributed by atoms with Gasteiger partial charge in [0.05, 0.1) is 4.92 Å². The minimum Gasteiger partial charge on any atom is -0.477 e. The molecule has 0 radical (unpaired) electrons. The predicted molar refractivity (Wildman–Crippen MR) is 111 cm³/mol. The fraction of sp³-hybridized carbons (Fsp3) is 0.136. The Hall–Kier alpha value is -4.27. The van der Waals surface area contributed by atoms with Gasteiger partial charge in [-0.2, -0.15) is 0 Å². The summed E-state index contributed by atoms with van der Waals surface area (Å²) in [6, 6.07) is 17.7. The molecule has 9 nitrogen and oxygen atoms in total. The molecule has 0 fully saturated rings. The fourth-order valence-electron chi connectivity index (χ4n) is 3.73. The molecule has 2 aromatic carbocycles. The highest BCUT2D eigenvalue weighted by Crippen LogP contribution is 2.44. The number of nitrogens with zero attached hydrogens (tertiary/aromatic N) is 3. The normalized spacial score (nSPS) is 12.0. The van der Waals surface area contributed by atoms with Crippen LogP contribution in [-0.4, -0.2) is 40.7 Å². The number of hydrogen-bond acceptors (Lipinski definition) is 6. The van der Waals surface area contributed by atoms with Crippen molar-refractivity contribution in [3.8, 4) is 11.1 Å². The van der Waals surface area contributed by atoms with Crippen LogP contribution in [0.25, 0.3) is 11.1 Å². The predicted octanol–water partition coefficient (Wildman–Crippen LogP) is 4.07. The monoisotopic (exact) mass is 419 g/mol. The van der Waals surface area contributed by atoms with Gasteiger partial charge in [0.25, 0.3) is 0 Å². The van der Waals surface area contributed by atoms with Gasteiger partial charge in [0.2, 0.25) is 5.82 Å². The summed E-state index contributed by atoms with van der Waals surface area (Å²) in [5.74, 6) is -1.95. The van der Waals surface area contributed by atoms with Gasteiger partial charge in [-0.25, -0.2) is 14.6 Å². The molecule has 1 heterocycles. The molecule has 1 aromatic heterocycles. The molecule has 0 spiro atoms. The van der Waals surface area contributed by atoms with E-state index in [1.54, 1.807) is 0 Å². The highest BCUT2D eigenvalue weighted by atomic mass is 16.6. The summed E-state index contributed by atoms with van der Waals surface area (Å²) >= 11 is 0. The number of hydrogen-bond donors (Lipinski definition) is 1. The molecule has 1 amide bonds. The van der Waals surface area contributed by atoms with Crippen molar-refractivity contribution in [3.05, 3.63) is 87.6 Å². The van der Waals surface area contributed by atoms with Crippen LogP contribution in [0.3, 0.4) is 0 Å². The quantitative estimate of drug-likeness (QED) is 0.488. The van der Waals surface area contributed by atoms with Gasteiger partial charge in [-0.3, -0.25) is 15.0 Å². The van der Waals surface area contributed by atoms with Crippen LogP contribution in [0.4, 0.5) is 16.3 Å². The first-order valence-corrected chi connectivity index (χ1v) is 9.36. The number of fused-ring (bicyclic) bond motifs is 3. The van der Waals surface area contributed by atoms with Crippen LogP contribution in [0.15, 0.2) is 60.7 Å². The van der Waals surface area contributed by atoms with E-state index in [0.29, 0.717) is 0 Å². The van der Waals surface area contributed by atoms with Crippen LogP contribution in [-0.2, 0) is 4.74 Å². The zero-order valence-corrected chi connectivity index (χ0v) is 16.4. The molecule has 0 aliphatic heterocycles. The molecule has 0 bridgehead atoms. The molecule has 1 N–H and O–H groups in total. The Bertz CT molecular complexity index is 1160. The number of anilines is 1. The number of carbonyl (C=O) groups excluding carboxylic acids is 1. The first-order valence-electron chi connectivity index (χ1n) is 9.36. The largest absolute Gasteiger partial charge is 0.477 e. The van der Waals surface area contributed by atoms with E-state index in [0.717, 1.165) is 39.3 Å². The molecule has 1 aliphatic rings. The summed E-state index contributed by atoms with van der Waals surface area (Å²) < 4.78 is 5.47. The number of amides is 1. The average molecular weight is 419 g/mol. The Morgan fingerprint density at radius 1 is 1.06 bits per heavy atom. The van der Waals surface area contributed by atoms with E-state index in [4.69, 9.17) is 9.84 Å². The van der Waals surface area contributed by atoms with E-state index in [1.165, 1.54) is 7.05 Å². The lowest BCUT2D eigenvalue weighted by atomic mass is 9.98. The molecule has 4 rings (SSSR count). The number of benzene rings is 2. The summed E-state index contributed by atoms with van der Waals surface area (Å²) in [4.78, 5) is 39.0. The smallest absolute Gasteiger partial charge is 0.415 e. The standard InChI is InChI=1S/C22H17N3O6/c1-24(20-19(25(29)30)11-10-18(23-20)21(26)27)22(28)31-12-17-15-8-4-2-6-13(15)14-7-3-5-9-16(14)17/h2-11,17H,12H2,1H3,(H,26,27). The molecular formula is C22H17N3O6. The van der Waals surface area contributed by atoms with E-state index < -0.39 is 34.2 Å². The second kappa shape index (κ2) is 7.86. The van der Waals surface area contributed by atoms with Crippen molar-refractivity contribution in [1.82, 2.24) is 4.98 Å². The first kappa shape index (κ1) is 20.0. The molecule has 0 saturated carbocycles. The van der Waals surface area contributed by atoms with Gasteiger partial charge in [-0.15, -0.1) is 0 Å². The van der Waals surface area contributed by atoms with Crippen molar-refractivity contribution in [2.24, 2.45) is 0 Å². The van der Waals surface area contributed by atoms with Gasteiger partial charge < -0.3 is 9.84 Å². The van der Waals surface area contributed by atoms with Crippen molar-refractivity contribution >= 4 is 23.6 Å². The van der Waals surface area contributed by atoms with Crippen LogP contribution in [0.5, 0.6) is 0 Å². The Balaban J connectivity index is 1.58. The lowest BCUT2D eigenvalue weighted by molar-refractivity contribution is -0.384. The number of ether oxygens (including phenoxy) is 1. The Labute approximate surface area is 176 Å². The van der Waals surface area contributed by atoms with Crippen molar-refractivity contribution in [1.29, 1.82) is 0 Å². The lowest BCUT2D eigenvalue weighted by Gasteiger charge is -2.19. The molecule has 1 aliphatic carbocycles. The third-order valence-corrected chi connectivity index (χ3v) is 5.20. The highest BCUT2D eigenvalue weighted by molar-refractivity contribution is 5.91. The summed E-state index contributed by atoms with van der Waals surface area (Å²) in [5, 5.41) is 20.4. The van der Waals surface area contributed by atoms with Gasteiger partial charge in [-0.1, -0.05) is 48.5 Å². The van der Waals surface area contributed by atoms with Crippen LogP contribution >= 0.6 is 0 Å². The summed E-state index contributed by atoms with van der Waals surface area (Å²) in [5.41, 5.74) is 3.27. The van der Waals surface area contributed by atoms with Gasteiger partial charge in [0, 0.05) is 19.0 Å². The Kier molecular flexibility index (Phi) is 5.08. The van der Waals surface area contributed by atoms with E-state index in [2.05, 4.69) is 4.98 Å². The SMILES string of the molecule is CN(C(=O)OCC1c2ccccc2-c2ccccc21)c1nc(C(=O)O)ccc1[N+](=O)[O-]. The molecule has 0 atom stereocenters. The zero-order valence-electron chi connectivity index (χ0n) is 16.4. The second-order valence-electron chi connectivity index (χ2n) is 6.96. The van der Waals surface area contributed by atoms with Gasteiger partial charge in [0.15, 0.2) is 5.69 Å². The van der Waals surface area contributed by atoms with Crippen LogP contribution in [0.1, 0.15) is 27.5 Å². The number of carboxylic acids is 1. The number of aromatic nitrogens is 1. The van der Waals surface area contributed by atoms with Crippen LogP contribution in [0.2, 0.25) is 0 Å². The number of nitro groups is 1. The second-order valence-corrected chi connectivity index (χ2v) is 6.96. The maximum absolute atomic E-state index is 12.7. The molecule has 0 saturated heterocycles. The third kappa shape index (κ3) is 3.57. The molecular weight excluding hydrogens is 402 g/mol. The van der Waals surface area contributed by atoms with E-state index >= 15 is 0 Å². The van der Waals surface area contributed by atoms with Gasteiger partial charge in [0.1, 0.15) is 6.61 Å². The minimum atomic E-state index is -1.36. The average Bonchev–Trinajstić information content (AvgIpc) is 3.10. The molecule has 3 aromatic rings. The van der Waals surface area contributed by atoms with Crippen molar-refractivity contribution in [2.45, 2.75) is 5.92 Å². The number of aromatic carboxylic acids is 1. The lowest BCUT2D eigenvalue weighted by Crippen LogP contribution is -2.30. The number of rotatable bonds is 5. The number of carboxylic acid groups (broad SMARTS) is 1.